The number of hydrogen-bond acceptors (Lipinski definition) is 13. The topological polar surface area (TPSA) is 150 Å². The van der Waals surface area contributed by atoms with Gasteiger partial charge in [0.15, 0.2) is 34.4 Å². The second-order valence-corrected chi connectivity index (χ2v) is 12.4. The van der Waals surface area contributed by atoms with E-state index in [9.17, 15) is 19.2 Å². The molecule has 1 aromatic heterocycles. The maximum atomic E-state index is 14.4. The van der Waals surface area contributed by atoms with E-state index in [1.165, 1.54) is 18.8 Å². The second-order valence-electron chi connectivity index (χ2n) is 11.4. The lowest BCUT2D eigenvalue weighted by Crippen LogP contribution is -2.40. The third-order valence-electron chi connectivity index (χ3n) is 8.04. The fraction of sp³-hybridized carbons (Fsp3) is 0.308. The fourth-order valence-corrected chi connectivity index (χ4v) is 6.63. The summed E-state index contributed by atoms with van der Waals surface area (Å²) in [5, 5.41) is 0. The first-order chi connectivity index (χ1) is 25.6. The monoisotopic (exact) mass is 744 g/mol. The number of hydrogen-bond donors (Lipinski definition) is 0. The minimum atomic E-state index is -0.931. The molecule has 13 nitrogen and oxygen atoms in total. The highest BCUT2D eigenvalue weighted by atomic mass is 32.1. The van der Waals surface area contributed by atoms with Crippen LogP contribution >= 0.6 is 11.3 Å². The average molecular weight is 745 g/mol. The molecule has 3 aromatic carbocycles. The van der Waals surface area contributed by atoms with Crippen molar-refractivity contribution in [3.63, 3.8) is 0 Å². The molecule has 2 heterocycles. The van der Waals surface area contributed by atoms with Gasteiger partial charge in [0.25, 0.3) is 5.56 Å². The van der Waals surface area contributed by atoms with Crippen LogP contribution in [0.4, 0.5) is 0 Å². The van der Waals surface area contributed by atoms with Crippen molar-refractivity contribution < 1.29 is 47.5 Å². The molecule has 4 aromatic rings. The van der Waals surface area contributed by atoms with E-state index in [4.69, 9.17) is 33.2 Å². The maximum Gasteiger partial charge on any atom is 0.343 e. The number of methoxy groups -OCH3 is 2. The summed E-state index contributed by atoms with van der Waals surface area (Å²) in [6, 6.07) is 16.3. The second kappa shape index (κ2) is 17.6. The Morgan fingerprint density at radius 3 is 2.26 bits per heavy atom. The zero-order valence-corrected chi connectivity index (χ0v) is 31.1. The lowest BCUT2D eigenvalue weighted by Gasteiger charge is -2.25. The van der Waals surface area contributed by atoms with E-state index in [2.05, 4.69) is 4.99 Å². The van der Waals surface area contributed by atoms with Crippen LogP contribution in [0, 0.1) is 0 Å². The van der Waals surface area contributed by atoms with E-state index in [1.54, 1.807) is 94.4 Å². The van der Waals surface area contributed by atoms with Crippen molar-refractivity contribution in [2.45, 2.75) is 40.3 Å². The highest BCUT2D eigenvalue weighted by Crippen LogP contribution is 2.37. The normalized spacial score (nSPS) is 13.8. The average Bonchev–Trinajstić information content (AvgIpc) is 3.46. The number of benzene rings is 3. The van der Waals surface area contributed by atoms with Crippen molar-refractivity contribution in [1.82, 2.24) is 4.57 Å². The van der Waals surface area contributed by atoms with E-state index in [1.807, 2.05) is 0 Å². The number of allylic oxidation sites excluding steroid dienone is 1. The molecule has 0 unspecified atom stereocenters. The smallest absolute Gasteiger partial charge is 0.343 e. The van der Waals surface area contributed by atoms with Crippen molar-refractivity contribution in [2.24, 2.45) is 4.99 Å². The van der Waals surface area contributed by atoms with Crippen LogP contribution in [0.2, 0.25) is 0 Å². The number of esters is 3. The molecule has 1 aliphatic heterocycles. The number of nitrogens with zero attached hydrogens (tertiary/aromatic N) is 2. The summed E-state index contributed by atoms with van der Waals surface area (Å²) >= 11 is 1.16. The molecule has 0 amide bonds. The highest BCUT2D eigenvalue weighted by Gasteiger charge is 2.34. The van der Waals surface area contributed by atoms with Gasteiger partial charge in [0.05, 0.1) is 61.4 Å². The molecule has 0 radical (unpaired) electrons. The molecule has 0 spiro atoms. The molecule has 0 N–H and O–H groups in total. The molecule has 5 rings (SSSR count). The largest absolute Gasteiger partial charge is 0.493 e. The van der Waals surface area contributed by atoms with E-state index >= 15 is 0 Å². The zero-order chi connectivity index (χ0) is 38.1. The summed E-state index contributed by atoms with van der Waals surface area (Å²) < 4.78 is 40.4. The van der Waals surface area contributed by atoms with Gasteiger partial charge in [-0.25, -0.2) is 19.4 Å². The van der Waals surface area contributed by atoms with Crippen LogP contribution in [0.1, 0.15) is 60.8 Å². The summed E-state index contributed by atoms with van der Waals surface area (Å²) in [4.78, 5) is 56.8. The third kappa shape index (κ3) is 8.60. The lowest BCUT2D eigenvalue weighted by atomic mass is 9.95. The first-order valence-electron chi connectivity index (χ1n) is 16.9. The number of carbonyl (C=O) groups is 3. The van der Waals surface area contributed by atoms with E-state index in [0.717, 1.165) is 16.9 Å². The van der Waals surface area contributed by atoms with Gasteiger partial charge in [-0.2, -0.15) is 0 Å². The standard InChI is InChI=1S/C39H40N2O11S/c1-7-48-30-19-26(17-18-28(30)51-22-32(42)47-6)34-33(38(45)50-9-3)23(4)40-39-41(34)36(43)31(53-39)20-27-11-10-12-29(46-5)35(27)52-21-24-13-15-25(16-14-24)37(44)49-8-2/h10-20,34H,7-9,21-22H2,1-6H3/b31-20+/t34-/m0/s1. The molecule has 0 saturated carbocycles. The Labute approximate surface area is 309 Å². The van der Waals surface area contributed by atoms with Crippen molar-refractivity contribution in [3.05, 3.63) is 114 Å². The molecular weight excluding hydrogens is 704 g/mol. The van der Waals surface area contributed by atoms with Gasteiger partial charge in [-0.05, 0) is 75.2 Å². The molecule has 0 fully saturated rings. The quantitative estimate of drug-likeness (QED) is 0.125. The van der Waals surface area contributed by atoms with Gasteiger partial charge < -0.3 is 33.2 Å². The molecular formula is C39H40N2O11S. The number of thiazole rings is 1. The van der Waals surface area contributed by atoms with Gasteiger partial charge in [-0.15, -0.1) is 0 Å². The summed E-state index contributed by atoms with van der Waals surface area (Å²) in [5.41, 5.74) is 2.51. The molecule has 0 saturated heterocycles. The van der Waals surface area contributed by atoms with Crippen LogP contribution < -0.4 is 33.8 Å². The predicted octanol–water partition coefficient (Wildman–Crippen LogP) is 4.51. The van der Waals surface area contributed by atoms with Gasteiger partial charge in [0.2, 0.25) is 0 Å². The molecule has 14 heteroatoms. The fourth-order valence-electron chi connectivity index (χ4n) is 5.59. The number of rotatable bonds is 15. The van der Waals surface area contributed by atoms with E-state index < -0.39 is 29.5 Å². The zero-order valence-electron chi connectivity index (χ0n) is 30.3. The van der Waals surface area contributed by atoms with Crippen molar-refractivity contribution in [2.75, 3.05) is 40.6 Å². The van der Waals surface area contributed by atoms with E-state index in [-0.39, 0.29) is 44.4 Å². The number of aromatic nitrogens is 1. The van der Waals surface area contributed by atoms with E-state index in [0.29, 0.717) is 49.0 Å². The SMILES string of the molecule is CCOC(=O)C1=C(C)N=c2s/c(=C/c3cccc(OC)c3OCc3ccc(C(=O)OCC)cc3)c(=O)n2[C@H]1c1ccc(OCC(=O)OC)c(OCC)c1. The van der Waals surface area contributed by atoms with Gasteiger partial charge >= 0.3 is 17.9 Å². The predicted molar refractivity (Wildman–Crippen MR) is 195 cm³/mol. The van der Waals surface area contributed by atoms with Gasteiger partial charge in [-0.3, -0.25) is 9.36 Å². The summed E-state index contributed by atoms with van der Waals surface area (Å²) in [5.74, 6) is -0.145. The van der Waals surface area contributed by atoms with Crippen LogP contribution in [0.5, 0.6) is 23.0 Å². The minimum absolute atomic E-state index is 0.116. The summed E-state index contributed by atoms with van der Waals surface area (Å²) in [6.45, 7) is 7.43. The van der Waals surface area contributed by atoms with Gasteiger partial charge in [0.1, 0.15) is 6.61 Å². The lowest BCUT2D eigenvalue weighted by molar-refractivity contribution is -0.143. The van der Waals surface area contributed by atoms with Crippen molar-refractivity contribution >= 4 is 35.3 Å². The maximum absolute atomic E-state index is 14.4. The Morgan fingerprint density at radius 2 is 1.58 bits per heavy atom. The molecule has 53 heavy (non-hydrogen) atoms. The van der Waals surface area contributed by atoms with Crippen molar-refractivity contribution in [3.8, 4) is 23.0 Å². The third-order valence-corrected chi connectivity index (χ3v) is 9.02. The summed E-state index contributed by atoms with van der Waals surface area (Å²) in [7, 11) is 2.79. The Morgan fingerprint density at radius 1 is 0.849 bits per heavy atom. The molecule has 0 bridgehead atoms. The Bertz CT molecular complexity index is 2200. The molecule has 0 aliphatic carbocycles. The number of ether oxygens (including phenoxy) is 7. The molecule has 1 atom stereocenters. The number of carbonyl (C=O) groups excluding carboxylic acids is 3. The number of fused-ring (bicyclic) bond motifs is 1. The minimum Gasteiger partial charge on any atom is -0.493 e. The Balaban J connectivity index is 1.58. The Kier molecular flexibility index (Phi) is 12.7. The van der Waals surface area contributed by atoms with Crippen LogP contribution in [0.3, 0.4) is 0 Å². The van der Waals surface area contributed by atoms with Crippen molar-refractivity contribution in [1.29, 1.82) is 0 Å². The van der Waals surface area contributed by atoms with Crippen LogP contribution in [0.15, 0.2) is 81.7 Å². The van der Waals surface area contributed by atoms with Gasteiger partial charge in [-0.1, -0.05) is 41.7 Å². The first-order valence-corrected chi connectivity index (χ1v) is 17.7. The van der Waals surface area contributed by atoms with Crippen LogP contribution in [0.25, 0.3) is 6.08 Å². The van der Waals surface area contributed by atoms with Crippen LogP contribution in [-0.4, -0.2) is 63.1 Å². The molecule has 1 aliphatic rings. The Hall–Kier alpha value is -5.89. The number of para-hydroxylation sites is 1. The van der Waals surface area contributed by atoms with Gasteiger partial charge in [0, 0.05) is 5.56 Å². The molecule has 278 valence electrons. The first kappa shape index (κ1) is 38.3. The highest BCUT2D eigenvalue weighted by molar-refractivity contribution is 7.07. The summed E-state index contributed by atoms with van der Waals surface area (Å²) in [6.07, 6.45) is 1.70. The van der Waals surface area contributed by atoms with Crippen LogP contribution in [-0.2, 0) is 30.4 Å².